The molecule has 0 heterocycles. The van der Waals surface area contributed by atoms with Crippen LogP contribution in [0.4, 0.5) is 5.69 Å². The van der Waals surface area contributed by atoms with Gasteiger partial charge in [0.15, 0.2) is 5.78 Å². The highest BCUT2D eigenvalue weighted by atomic mass is 79.9. The smallest absolute Gasteiger partial charge is 0.193 e. The molecule has 0 atom stereocenters. The molecule has 0 bridgehead atoms. The van der Waals surface area contributed by atoms with Crippen LogP contribution in [0.15, 0.2) is 174 Å². The fraction of sp³-hybridized carbons (Fsp3) is 0.159. The summed E-state index contributed by atoms with van der Waals surface area (Å²) in [4.78, 5) is 12.5. The molecule has 0 amide bonds. The van der Waals surface area contributed by atoms with Gasteiger partial charge in [-0.3, -0.25) is 9.28 Å². The van der Waals surface area contributed by atoms with Gasteiger partial charge in [0.1, 0.15) is 12.2 Å². The van der Waals surface area contributed by atoms with Crippen LogP contribution in [-0.2, 0) is 6.54 Å². The quantitative estimate of drug-likeness (QED) is 0.0751. The van der Waals surface area contributed by atoms with Crippen LogP contribution in [0.25, 0.3) is 0 Å². The van der Waals surface area contributed by atoms with Gasteiger partial charge in [-0.25, -0.2) is 0 Å². The van der Waals surface area contributed by atoms with Crippen LogP contribution >= 0.6 is 15.9 Å². The lowest BCUT2D eigenvalue weighted by Crippen LogP contribution is -2.66. The van der Waals surface area contributed by atoms with E-state index in [1.54, 1.807) is 0 Å². The predicted molar refractivity (Wildman–Crippen MR) is 212 cm³/mol. The standard InChI is InChI=1S/C22H24B.C22H21BrNO/c1-2-3-19-23(20-13-7-4-8-14-20,21-15-9-5-10-16-21)22-17-11-6-12-18-22;1-24(2,21-14-12-20(23)13-15-21)16-17-8-10-19(11-9-17)22(25)18-6-4-3-5-7-18/h4-18H,2-3,19H2,1H3;3-15H,16H2,1-2H3/q-1;+1. The molecule has 0 aliphatic carbocycles. The second kappa shape index (κ2) is 16.5. The molecule has 0 aliphatic rings. The lowest BCUT2D eigenvalue weighted by Gasteiger charge is -2.43. The monoisotopic (exact) mass is 693 g/mol. The maximum atomic E-state index is 12.5. The molecule has 0 fully saturated rings. The molecule has 0 N–H and O–H groups in total. The highest BCUT2D eigenvalue weighted by Gasteiger charge is 2.29. The van der Waals surface area contributed by atoms with E-state index in [4.69, 9.17) is 0 Å². The third-order valence-corrected chi connectivity index (χ3v) is 9.98. The Kier molecular flexibility index (Phi) is 12.0. The lowest BCUT2D eigenvalue weighted by molar-refractivity contribution is 0.103. The summed E-state index contributed by atoms with van der Waals surface area (Å²) in [5.41, 5.74) is 8.23. The van der Waals surface area contributed by atoms with Gasteiger partial charge in [0, 0.05) is 33.3 Å². The molecule has 0 spiro atoms. The molecule has 0 unspecified atom stereocenters. The lowest BCUT2D eigenvalue weighted by atomic mass is 9.14. The molecule has 4 heteroatoms. The first-order valence-electron chi connectivity index (χ1n) is 16.9. The number of carbonyl (C=O) groups is 1. The molecule has 242 valence electrons. The van der Waals surface area contributed by atoms with E-state index in [0.29, 0.717) is 0 Å². The third-order valence-electron chi connectivity index (χ3n) is 9.45. The number of rotatable bonds is 11. The van der Waals surface area contributed by atoms with Gasteiger partial charge in [-0.1, -0.05) is 181 Å². The average molecular weight is 695 g/mol. The van der Waals surface area contributed by atoms with E-state index >= 15 is 0 Å². The van der Waals surface area contributed by atoms with Crippen molar-refractivity contribution >= 4 is 49.9 Å². The van der Waals surface area contributed by atoms with E-state index in [0.717, 1.165) is 26.6 Å². The zero-order valence-corrected chi connectivity index (χ0v) is 29.9. The van der Waals surface area contributed by atoms with Crippen LogP contribution in [0.1, 0.15) is 41.3 Å². The number of nitrogens with zero attached hydrogens (tertiary/aromatic N) is 1. The number of ketones is 1. The maximum Gasteiger partial charge on any atom is 0.193 e. The first-order chi connectivity index (χ1) is 23.3. The van der Waals surface area contributed by atoms with Crippen molar-refractivity contribution < 1.29 is 4.79 Å². The highest BCUT2D eigenvalue weighted by molar-refractivity contribution is 9.10. The van der Waals surface area contributed by atoms with Gasteiger partial charge in [-0.15, -0.1) is 0 Å². The Morgan fingerprint density at radius 2 is 0.979 bits per heavy atom. The first kappa shape index (κ1) is 34.8. The predicted octanol–water partition coefficient (Wildman–Crippen LogP) is 9.40. The molecule has 48 heavy (non-hydrogen) atoms. The fourth-order valence-electron chi connectivity index (χ4n) is 6.84. The minimum Gasteiger partial charge on any atom is -0.292 e. The van der Waals surface area contributed by atoms with E-state index in [1.807, 2.05) is 42.5 Å². The van der Waals surface area contributed by atoms with Gasteiger partial charge in [0.2, 0.25) is 0 Å². The Morgan fingerprint density at radius 1 is 0.562 bits per heavy atom. The van der Waals surface area contributed by atoms with Crippen LogP contribution in [0.5, 0.6) is 0 Å². The van der Waals surface area contributed by atoms with Gasteiger partial charge in [0.25, 0.3) is 0 Å². The van der Waals surface area contributed by atoms with Crippen molar-refractivity contribution in [1.29, 1.82) is 0 Å². The van der Waals surface area contributed by atoms with Crippen molar-refractivity contribution in [2.45, 2.75) is 32.6 Å². The van der Waals surface area contributed by atoms with Crippen LogP contribution in [0.3, 0.4) is 0 Å². The zero-order chi connectivity index (χ0) is 33.8. The van der Waals surface area contributed by atoms with Gasteiger partial charge >= 0.3 is 0 Å². The highest BCUT2D eigenvalue weighted by Crippen LogP contribution is 2.25. The van der Waals surface area contributed by atoms with Gasteiger partial charge in [0.05, 0.1) is 20.2 Å². The molecule has 6 rings (SSSR count). The molecule has 2 nitrogen and oxygen atoms in total. The molecular weight excluding hydrogens is 649 g/mol. The third kappa shape index (κ3) is 8.50. The van der Waals surface area contributed by atoms with Crippen LogP contribution < -0.4 is 20.9 Å². The van der Waals surface area contributed by atoms with Crippen molar-refractivity contribution in [3.05, 3.63) is 191 Å². The summed E-state index contributed by atoms with van der Waals surface area (Å²) in [6.07, 6.45) is 2.73. The van der Waals surface area contributed by atoms with E-state index in [2.05, 4.69) is 164 Å². The Hall–Kier alpha value is -4.51. The molecule has 6 aromatic carbocycles. The van der Waals surface area contributed by atoms with Crippen LogP contribution in [-0.4, -0.2) is 26.0 Å². The Labute approximate surface area is 295 Å². The van der Waals surface area contributed by atoms with Crippen molar-refractivity contribution in [2.75, 3.05) is 14.1 Å². The van der Waals surface area contributed by atoms with Crippen molar-refractivity contribution in [3.63, 3.8) is 0 Å². The van der Waals surface area contributed by atoms with E-state index in [9.17, 15) is 4.79 Å². The van der Waals surface area contributed by atoms with Gasteiger partial charge in [-0.05, 0) is 12.1 Å². The van der Waals surface area contributed by atoms with E-state index < -0.39 is 6.15 Å². The number of quaternary nitrogens is 1. The van der Waals surface area contributed by atoms with Crippen molar-refractivity contribution in [3.8, 4) is 0 Å². The number of benzene rings is 6. The molecule has 0 saturated carbocycles. The Morgan fingerprint density at radius 3 is 1.42 bits per heavy atom. The van der Waals surface area contributed by atoms with E-state index in [-0.39, 0.29) is 5.78 Å². The second-order valence-electron chi connectivity index (χ2n) is 13.1. The summed E-state index contributed by atoms with van der Waals surface area (Å²) in [7, 11) is 4.37. The summed E-state index contributed by atoms with van der Waals surface area (Å²) in [5, 5.41) is 0. The van der Waals surface area contributed by atoms with Crippen LogP contribution in [0, 0.1) is 0 Å². The van der Waals surface area contributed by atoms with Gasteiger partial charge < -0.3 is 0 Å². The van der Waals surface area contributed by atoms with E-state index in [1.165, 1.54) is 46.8 Å². The largest absolute Gasteiger partial charge is 0.292 e. The minimum atomic E-state index is -0.913. The Balaban J connectivity index is 0.000000188. The van der Waals surface area contributed by atoms with Crippen molar-refractivity contribution in [2.24, 2.45) is 0 Å². The number of unbranched alkanes of at least 4 members (excludes halogenated alkanes) is 1. The summed E-state index contributed by atoms with van der Waals surface area (Å²) in [6.45, 7) is 3.14. The first-order valence-corrected chi connectivity index (χ1v) is 17.7. The topological polar surface area (TPSA) is 17.1 Å². The summed E-state index contributed by atoms with van der Waals surface area (Å²) < 4.78 is 1.83. The minimum absolute atomic E-state index is 0.0637. The molecular formula is C44H45BBrNO. The number of carbonyl (C=O) groups excluding carboxylic acids is 1. The summed E-state index contributed by atoms with van der Waals surface area (Å²) in [5.74, 6) is 0.0637. The Bertz CT molecular complexity index is 1740. The van der Waals surface area contributed by atoms with Crippen molar-refractivity contribution in [1.82, 2.24) is 4.48 Å². The number of hydrogen-bond donors (Lipinski definition) is 0. The molecule has 6 aromatic rings. The SMILES string of the molecule is CCCC[B-](c1ccccc1)(c1ccccc1)c1ccccc1.C[N+](C)(Cc1ccc(C(=O)c2ccccc2)cc1)c1ccc(Br)cc1. The second-order valence-corrected chi connectivity index (χ2v) is 14.0. The molecule has 0 radical (unpaired) electrons. The number of halogens is 1. The van der Waals surface area contributed by atoms with Crippen LogP contribution in [0.2, 0.25) is 6.32 Å². The number of hydrogen-bond acceptors (Lipinski definition) is 1. The average Bonchev–Trinajstić information content (AvgIpc) is 3.14. The molecule has 0 aliphatic heterocycles. The summed E-state index contributed by atoms with van der Waals surface area (Å²) >= 11 is 3.48. The molecule has 0 saturated heterocycles. The van der Waals surface area contributed by atoms with Gasteiger partial charge in [-0.2, -0.15) is 22.7 Å². The molecule has 0 aromatic heterocycles. The normalized spacial score (nSPS) is 11.3. The zero-order valence-electron chi connectivity index (χ0n) is 28.3. The summed E-state index contributed by atoms with van der Waals surface area (Å²) in [6, 6.07) is 58.9. The fourth-order valence-corrected chi connectivity index (χ4v) is 7.11. The maximum absolute atomic E-state index is 12.5.